The SMILES string of the molecule is Cc1cc(C)nc(NC(=O)c2cccc(N)n2)c1. The van der Waals surface area contributed by atoms with Crippen molar-refractivity contribution >= 4 is 17.5 Å². The predicted octanol–water partition coefficient (Wildman–Crippen LogP) is 1.93. The van der Waals surface area contributed by atoms with Gasteiger partial charge in [-0.1, -0.05) is 6.07 Å². The van der Waals surface area contributed by atoms with Crippen molar-refractivity contribution in [1.29, 1.82) is 0 Å². The van der Waals surface area contributed by atoms with E-state index in [0.717, 1.165) is 11.3 Å². The Kier molecular flexibility index (Phi) is 3.23. The average molecular weight is 242 g/mol. The summed E-state index contributed by atoms with van der Waals surface area (Å²) < 4.78 is 0. The van der Waals surface area contributed by atoms with Crippen molar-refractivity contribution in [2.75, 3.05) is 11.1 Å². The molecule has 0 saturated heterocycles. The molecule has 5 heteroatoms. The molecule has 0 unspecified atom stereocenters. The van der Waals surface area contributed by atoms with Crippen molar-refractivity contribution in [2.45, 2.75) is 13.8 Å². The first-order chi connectivity index (χ1) is 8.54. The summed E-state index contributed by atoms with van der Waals surface area (Å²) in [5, 5.41) is 2.70. The van der Waals surface area contributed by atoms with E-state index in [4.69, 9.17) is 5.73 Å². The van der Waals surface area contributed by atoms with E-state index < -0.39 is 0 Å². The first-order valence-corrected chi connectivity index (χ1v) is 5.54. The zero-order valence-electron chi connectivity index (χ0n) is 10.3. The van der Waals surface area contributed by atoms with E-state index in [9.17, 15) is 4.79 Å². The molecule has 2 aromatic rings. The summed E-state index contributed by atoms with van der Waals surface area (Å²) in [7, 11) is 0. The molecular weight excluding hydrogens is 228 g/mol. The second-order valence-corrected chi connectivity index (χ2v) is 4.07. The minimum Gasteiger partial charge on any atom is -0.384 e. The van der Waals surface area contributed by atoms with E-state index in [1.165, 1.54) is 0 Å². The number of rotatable bonds is 2. The molecule has 5 nitrogen and oxygen atoms in total. The van der Waals surface area contributed by atoms with Crippen molar-refractivity contribution in [2.24, 2.45) is 0 Å². The highest BCUT2D eigenvalue weighted by Crippen LogP contribution is 2.10. The number of nitrogens with two attached hydrogens (primary N) is 1. The van der Waals surface area contributed by atoms with Gasteiger partial charge in [0.25, 0.3) is 5.91 Å². The highest BCUT2D eigenvalue weighted by atomic mass is 16.1. The maximum Gasteiger partial charge on any atom is 0.275 e. The van der Waals surface area contributed by atoms with E-state index in [-0.39, 0.29) is 11.6 Å². The topological polar surface area (TPSA) is 80.9 Å². The largest absolute Gasteiger partial charge is 0.384 e. The van der Waals surface area contributed by atoms with Crippen LogP contribution in [0.2, 0.25) is 0 Å². The Morgan fingerprint density at radius 3 is 2.67 bits per heavy atom. The molecule has 92 valence electrons. The van der Waals surface area contributed by atoms with Crippen molar-refractivity contribution in [3.63, 3.8) is 0 Å². The molecule has 2 heterocycles. The summed E-state index contributed by atoms with van der Waals surface area (Å²) >= 11 is 0. The van der Waals surface area contributed by atoms with Crippen LogP contribution >= 0.6 is 0 Å². The van der Waals surface area contributed by atoms with Gasteiger partial charge < -0.3 is 11.1 Å². The molecule has 0 atom stereocenters. The van der Waals surface area contributed by atoms with Crippen molar-refractivity contribution in [3.8, 4) is 0 Å². The number of carbonyl (C=O) groups is 1. The van der Waals surface area contributed by atoms with Gasteiger partial charge in [-0.05, 0) is 43.7 Å². The maximum atomic E-state index is 11.9. The van der Waals surface area contributed by atoms with Gasteiger partial charge in [-0.25, -0.2) is 9.97 Å². The van der Waals surface area contributed by atoms with E-state index in [1.807, 2.05) is 19.9 Å². The lowest BCUT2D eigenvalue weighted by molar-refractivity contribution is 0.102. The molecule has 1 amide bonds. The number of nitrogens with zero attached hydrogens (tertiary/aromatic N) is 2. The molecule has 18 heavy (non-hydrogen) atoms. The lowest BCUT2D eigenvalue weighted by Gasteiger charge is -2.06. The molecule has 0 aliphatic rings. The van der Waals surface area contributed by atoms with Crippen molar-refractivity contribution < 1.29 is 4.79 Å². The Bertz CT molecular complexity index is 575. The average Bonchev–Trinajstić information content (AvgIpc) is 2.27. The van der Waals surface area contributed by atoms with Crippen LogP contribution in [0.15, 0.2) is 30.3 Å². The minimum absolute atomic E-state index is 0.274. The third-order valence-electron chi connectivity index (χ3n) is 2.34. The smallest absolute Gasteiger partial charge is 0.275 e. The molecule has 0 aromatic carbocycles. The molecule has 0 aliphatic carbocycles. The molecular formula is C13H14N4O. The summed E-state index contributed by atoms with van der Waals surface area (Å²) in [6, 6.07) is 8.66. The van der Waals surface area contributed by atoms with Gasteiger partial charge >= 0.3 is 0 Å². The van der Waals surface area contributed by atoms with Crippen LogP contribution in [0.4, 0.5) is 11.6 Å². The molecule has 0 radical (unpaired) electrons. The number of carbonyl (C=O) groups excluding carboxylic acids is 1. The van der Waals surface area contributed by atoms with Crippen LogP contribution in [0.25, 0.3) is 0 Å². The number of amides is 1. The molecule has 3 N–H and O–H groups in total. The molecule has 0 aliphatic heterocycles. The first-order valence-electron chi connectivity index (χ1n) is 5.54. The first kappa shape index (κ1) is 12.0. The Morgan fingerprint density at radius 1 is 1.22 bits per heavy atom. The lowest BCUT2D eigenvalue weighted by Crippen LogP contribution is -2.15. The standard InChI is InChI=1S/C13H14N4O/c1-8-6-9(2)15-12(7-8)17-13(18)10-4-3-5-11(14)16-10/h3-7H,1-2H3,(H2,14,16)(H,15,17,18). The van der Waals surface area contributed by atoms with Gasteiger partial charge in [-0.2, -0.15) is 0 Å². The van der Waals surface area contributed by atoms with E-state index >= 15 is 0 Å². The Morgan fingerprint density at radius 2 is 2.00 bits per heavy atom. The number of pyridine rings is 2. The van der Waals surface area contributed by atoms with Crippen LogP contribution in [0.1, 0.15) is 21.7 Å². The van der Waals surface area contributed by atoms with Crippen molar-refractivity contribution in [3.05, 3.63) is 47.3 Å². The van der Waals surface area contributed by atoms with E-state index in [0.29, 0.717) is 11.6 Å². The quantitative estimate of drug-likeness (QED) is 0.843. The second-order valence-electron chi connectivity index (χ2n) is 4.07. The fourth-order valence-corrected chi connectivity index (χ4v) is 1.66. The zero-order valence-corrected chi connectivity index (χ0v) is 10.3. The van der Waals surface area contributed by atoms with Crippen LogP contribution < -0.4 is 11.1 Å². The molecule has 0 fully saturated rings. The summed E-state index contributed by atoms with van der Waals surface area (Å²) in [4.78, 5) is 20.1. The second kappa shape index (κ2) is 4.83. The van der Waals surface area contributed by atoms with Gasteiger partial charge in [-0.15, -0.1) is 0 Å². The third-order valence-corrected chi connectivity index (χ3v) is 2.34. The van der Waals surface area contributed by atoms with E-state index in [2.05, 4.69) is 15.3 Å². The number of hydrogen-bond acceptors (Lipinski definition) is 4. The predicted molar refractivity (Wildman–Crippen MR) is 70.3 cm³/mol. The van der Waals surface area contributed by atoms with E-state index in [1.54, 1.807) is 24.3 Å². The monoisotopic (exact) mass is 242 g/mol. The van der Waals surface area contributed by atoms with Gasteiger partial charge in [0.15, 0.2) is 0 Å². The number of anilines is 2. The lowest BCUT2D eigenvalue weighted by atomic mass is 10.2. The van der Waals surface area contributed by atoms with Crippen LogP contribution in [0, 0.1) is 13.8 Å². The van der Waals surface area contributed by atoms with Crippen LogP contribution in [-0.2, 0) is 0 Å². The number of aryl methyl sites for hydroxylation is 2. The Balaban J connectivity index is 2.21. The molecule has 0 spiro atoms. The van der Waals surface area contributed by atoms with Gasteiger partial charge in [0, 0.05) is 5.69 Å². The normalized spacial score (nSPS) is 10.1. The van der Waals surface area contributed by atoms with Crippen LogP contribution in [0.3, 0.4) is 0 Å². The molecule has 0 bridgehead atoms. The number of aromatic nitrogens is 2. The summed E-state index contributed by atoms with van der Waals surface area (Å²) in [6.45, 7) is 3.82. The molecule has 2 aromatic heterocycles. The van der Waals surface area contributed by atoms with Gasteiger partial charge in [-0.3, -0.25) is 4.79 Å². The number of hydrogen-bond donors (Lipinski definition) is 2. The minimum atomic E-state index is -0.320. The molecule has 2 rings (SSSR count). The van der Waals surface area contributed by atoms with Crippen LogP contribution in [-0.4, -0.2) is 15.9 Å². The van der Waals surface area contributed by atoms with Gasteiger partial charge in [0.05, 0.1) is 0 Å². The Hall–Kier alpha value is -2.43. The highest BCUT2D eigenvalue weighted by Gasteiger charge is 2.08. The fourth-order valence-electron chi connectivity index (χ4n) is 1.66. The van der Waals surface area contributed by atoms with Crippen molar-refractivity contribution in [1.82, 2.24) is 9.97 Å². The molecule has 0 saturated carbocycles. The third kappa shape index (κ3) is 2.82. The van der Waals surface area contributed by atoms with Gasteiger partial charge in [0.2, 0.25) is 0 Å². The van der Waals surface area contributed by atoms with Crippen LogP contribution in [0.5, 0.6) is 0 Å². The summed E-state index contributed by atoms with van der Waals surface area (Å²) in [5.41, 5.74) is 7.70. The number of nitrogen functional groups attached to an aromatic ring is 1. The van der Waals surface area contributed by atoms with Gasteiger partial charge in [0.1, 0.15) is 17.3 Å². The highest BCUT2D eigenvalue weighted by molar-refractivity contribution is 6.02. The summed E-state index contributed by atoms with van der Waals surface area (Å²) in [6.07, 6.45) is 0. The fraction of sp³-hybridized carbons (Fsp3) is 0.154. The Labute approximate surface area is 105 Å². The number of nitrogens with one attached hydrogen (secondary N) is 1. The maximum absolute atomic E-state index is 11.9. The summed E-state index contributed by atoms with van der Waals surface area (Å²) in [5.74, 6) is 0.512. The zero-order chi connectivity index (χ0) is 13.1.